The van der Waals surface area contributed by atoms with Crippen LogP contribution >= 0.6 is 0 Å². The van der Waals surface area contributed by atoms with E-state index in [1.54, 1.807) is 0 Å². The summed E-state index contributed by atoms with van der Waals surface area (Å²) in [5, 5.41) is 8.84. The summed E-state index contributed by atoms with van der Waals surface area (Å²) in [5.41, 5.74) is 0. The van der Waals surface area contributed by atoms with E-state index in [0.29, 0.717) is 12.8 Å². The van der Waals surface area contributed by atoms with Gasteiger partial charge in [0, 0.05) is 5.25 Å². The van der Waals surface area contributed by atoms with E-state index in [1.807, 2.05) is 6.92 Å². The maximum atomic E-state index is 11.0. The summed E-state index contributed by atoms with van der Waals surface area (Å²) in [5.74, 6) is 0. The van der Waals surface area contributed by atoms with E-state index < -0.39 is 15.4 Å². The van der Waals surface area contributed by atoms with Gasteiger partial charge in [0.2, 0.25) is 0 Å². The molecular weight excluding hydrogens is 287 g/mol. The second-order valence-corrected chi connectivity index (χ2v) is 6.99. The molecule has 0 fully saturated rings. The van der Waals surface area contributed by atoms with Gasteiger partial charge in [-0.05, 0) is 25.7 Å². The molecule has 4 nitrogen and oxygen atoms in total. The minimum atomic E-state index is -4.13. The SMILES string of the molecule is CCCC(O)CCCCCCC(CCC)S(=O)(=O)[O-].[Na+]. The number of rotatable bonds is 12. The van der Waals surface area contributed by atoms with Gasteiger partial charge >= 0.3 is 29.6 Å². The first-order chi connectivity index (χ1) is 8.91. The average Bonchev–Trinajstić information content (AvgIpc) is 2.31. The quantitative estimate of drug-likeness (QED) is 0.317. The second kappa shape index (κ2) is 13.5. The molecule has 0 aromatic carbocycles. The Kier molecular flexibility index (Phi) is 15.7. The maximum Gasteiger partial charge on any atom is 1.00 e. The van der Waals surface area contributed by atoms with Crippen molar-refractivity contribution in [3.05, 3.63) is 0 Å². The fourth-order valence-corrected chi connectivity index (χ4v) is 3.32. The van der Waals surface area contributed by atoms with E-state index in [2.05, 4.69) is 6.92 Å². The van der Waals surface area contributed by atoms with Gasteiger partial charge < -0.3 is 9.66 Å². The Balaban J connectivity index is 0. The maximum absolute atomic E-state index is 11.0. The van der Waals surface area contributed by atoms with Gasteiger partial charge in [0.25, 0.3) is 0 Å². The summed E-state index contributed by atoms with van der Waals surface area (Å²) in [6.07, 6.45) is 7.88. The topological polar surface area (TPSA) is 77.4 Å². The monoisotopic (exact) mass is 316 g/mol. The Morgan fingerprint density at radius 1 is 0.900 bits per heavy atom. The number of aliphatic hydroxyl groups excluding tert-OH is 1. The molecular formula is C14H29NaO4S. The Morgan fingerprint density at radius 2 is 1.40 bits per heavy atom. The molecule has 6 heteroatoms. The minimum absolute atomic E-state index is 0. The summed E-state index contributed by atoms with van der Waals surface area (Å²) in [6.45, 7) is 3.95. The van der Waals surface area contributed by atoms with Crippen molar-refractivity contribution in [3.63, 3.8) is 0 Å². The third-order valence-electron chi connectivity index (χ3n) is 3.45. The zero-order chi connectivity index (χ0) is 14.7. The van der Waals surface area contributed by atoms with Crippen molar-refractivity contribution >= 4 is 10.1 Å². The van der Waals surface area contributed by atoms with Crippen molar-refractivity contribution in [1.82, 2.24) is 0 Å². The Hall–Kier alpha value is 0.870. The van der Waals surface area contributed by atoms with Crippen LogP contribution in [0.2, 0.25) is 0 Å². The molecule has 2 unspecified atom stereocenters. The molecule has 1 N–H and O–H groups in total. The smallest absolute Gasteiger partial charge is 0.748 e. The van der Waals surface area contributed by atoms with E-state index in [-0.39, 0.29) is 35.7 Å². The zero-order valence-corrected chi connectivity index (χ0v) is 16.1. The van der Waals surface area contributed by atoms with Gasteiger partial charge in [0.1, 0.15) is 0 Å². The zero-order valence-electron chi connectivity index (χ0n) is 13.3. The summed E-state index contributed by atoms with van der Waals surface area (Å²) >= 11 is 0. The van der Waals surface area contributed by atoms with Crippen LogP contribution in [0.1, 0.15) is 78.1 Å². The van der Waals surface area contributed by atoms with Crippen LogP contribution in [0.25, 0.3) is 0 Å². The van der Waals surface area contributed by atoms with Crippen LogP contribution in [-0.4, -0.2) is 29.4 Å². The third kappa shape index (κ3) is 12.6. The van der Waals surface area contributed by atoms with Gasteiger partial charge in [-0.1, -0.05) is 52.4 Å². The summed E-state index contributed by atoms with van der Waals surface area (Å²) in [4.78, 5) is 0. The fourth-order valence-electron chi connectivity index (χ4n) is 2.34. The van der Waals surface area contributed by atoms with Crippen molar-refractivity contribution in [1.29, 1.82) is 0 Å². The number of aliphatic hydroxyl groups is 1. The van der Waals surface area contributed by atoms with Gasteiger partial charge in [0.15, 0.2) is 0 Å². The summed E-state index contributed by atoms with van der Waals surface area (Å²) in [7, 11) is -4.13. The molecule has 0 aliphatic carbocycles. The molecule has 20 heavy (non-hydrogen) atoms. The van der Waals surface area contributed by atoms with Crippen LogP contribution in [0.5, 0.6) is 0 Å². The van der Waals surface area contributed by atoms with Crippen LogP contribution in [-0.2, 0) is 10.1 Å². The molecule has 0 bridgehead atoms. The van der Waals surface area contributed by atoms with Crippen LogP contribution in [0.3, 0.4) is 0 Å². The standard InChI is InChI=1S/C14H30O4S.Na/c1-3-9-13(15)11-7-5-6-8-12-14(10-4-2)19(16,17)18;/h13-15H,3-12H2,1-2H3,(H,16,17,18);/q;+1/p-1. The third-order valence-corrected chi connectivity index (χ3v) is 4.74. The largest absolute Gasteiger partial charge is 1.00 e. The van der Waals surface area contributed by atoms with E-state index in [0.717, 1.165) is 51.4 Å². The van der Waals surface area contributed by atoms with Crippen LogP contribution in [0.4, 0.5) is 0 Å². The van der Waals surface area contributed by atoms with Gasteiger partial charge in [-0.3, -0.25) is 0 Å². The van der Waals surface area contributed by atoms with E-state index >= 15 is 0 Å². The van der Waals surface area contributed by atoms with Crippen molar-refractivity contribution < 1.29 is 47.6 Å². The Bertz CT molecular complexity index is 306. The number of hydrogen-bond acceptors (Lipinski definition) is 4. The molecule has 0 amide bonds. The predicted octanol–water partition coefficient (Wildman–Crippen LogP) is 0.206. The second-order valence-electron chi connectivity index (χ2n) is 5.34. The van der Waals surface area contributed by atoms with E-state index in [1.165, 1.54) is 0 Å². The molecule has 0 saturated heterocycles. The average molecular weight is 316 g/mol. The van der Waals surface area contributed by atoms with E-state index in [9.17, 15) is 18.1 Å². The van der Waals surface area contributed by atoms with Crippen LogP contribution < -0.4 is 29.6 Å². The van der Waals surface area contributed by atoms with Gasteiger partial charge in [0.05, 0.1) is 16.2 Å². The van der Waals surface area contributed by atoms with Crippen molar-refractivity contribution in [2.24, 2.45) is 0 Å². The van der Waals surface area contributed by atoms with Crippen LogP contribution in [0, 0.1) is 0 Å². The fraction of sp³-hybridized carbons (Fsp3) is 1.00. The first kappa shape index (κ1) is 23.1. The van der Waals surface area contributed by atoms with Crippen molar-refractivity contribution in [2.75, 3.05) is 0 Å². The molecule has 0 aromatic heterocycles. The molecule has 0 aliphatic rings. The minimum Gasteiger partial charge on any atom is -0.748 e. The molecule has 116 valence electrons. The molecule has 0 aromatic rings. The van der Waals surface area contributed by atoms with Crippen LogP contribution in [0.15, 0.2) is 0 Å². The summed E-state index contributed by atoms with van der Waals surface area (Å²) < 4.78 is 33.0. The molecule has 0 aliphatic heterocycles. The first-order valence-electron chi connectivity index (χ1n) is 7.54. The number of hydrogen-bond donors (Lipinski definition) is 1. The van der Waals surface area contributed by atoms with Crippen molar-refractivity contribution in [2.45, 2.75) is 89.4 Å². The first-order valence-corrected chi connectivity index (χ1v) is 9.01. The molecule has 0 spiro atoms. The molecule has 0 heterocycles. The molecule has 2 atom stereocenters. The van der Waals surface area contributed by atoms with E-state index in [4.69, 9.17) is 0 Å². The normalized spacial score (nSPS) is 14.6. The van der Waals surface area contributed by atoms with Gasteiger partial charge in [-0.15, -0.1) is 0 Å². The van der Waals surface area contributed by atoms with Crippen molar-refractivity contribution in [3.8, 4) is 0 Å². The molecule has 0 saturated carbocycles. The number of unbranched alkanes of at least 4 members (excludes halogenated alkanes) is 3. The van der Waals surface area contributed by atoms with Gasteiger partial charge in [-0.2, -0.15) is 0 Å². The molecule has 0 rings (SSSR count). The predicted molar refractivity (Wildman–Crippen MR) is 77.0 cm³/mol. The Labute approximate surface area is 146 Å². The Morgan fingerprint density at radius 3 is 1.85 bits per heavy atom. The molecule has 0 radical (unpaired) electrons. The summed E-state index contributed by atoms with van der Waals surface area (Å²) in [6, 6.07) is 0. The van der Waals surface area contributed by atoms with Gasteiger partial charge in [-0.25, -0.2) is 8.42 Å².